The van der Waals surface area contributed by atoms with E-state index in [4.69, 9.17) is 14.2 Å². The van der Waals surface area contributed by atoms with Gasteiger partial charge in [0.15, 0.2) is 6.73 Å². The van der Waals surface area contributed by atoms with Gasteiger partial charge < -0.3 is 14.2 Å². The summed E-state index contributed by atoms with van der Waals surface area (Å²) in [4.78, 5) is 25.5. The minimum Gasteiger partial charge on any atom is -0.450 e. The lowest BCUT2D eigenvalue weighted by molar-refractivity contribution is -0.162. The van der Waals surface area contributed by atoms with E-state index < -0.39 is 26.2 Å². The lowest BCUT2D eigenvalue weighted by Gasteiger charge is -2.47. The topological polar surface area (TPSA) is 65.1 Å². The van der Waals surface area contributed by atoms with Crippen LogP contribution in [-0.4, -0.2) is 51.1 Å². The Labute approximate surface area is 134 Å². The molecular weight excluding hydrogens is 302 g/mol. The highest BCUT2D eigenvalue weighted by Gasteiger charge is 2.46. The smallest absolute Gasteiger partial charge is 0.414 e. The second kappa shape index (κ2) is 8.33. The number of hydrogen-bond donors (Lipinski definition) is 0. The number of carbonyl (C=O) groups excluding carboxylic acids is 2. The fourth-order valence-electron chi connectivity index (χ4n) is 2.55. The molecule has 1 aliphatic heterocycles. The Morgan fingerprint density at radius 2 is 2.00 bits per heavy atom. The number of carbonyl (C=O) groups is 2. The van der Waals surface area contributed by atoms with Crippen molar-refractivity contribution < 1.29 is 23.8 Å². The fourth-order valence-corrected chi connectivity index (χ4v) is 4.58. The van der Waals surface area contributed by atoms with Crippen LogP contribution in [0.4, 0.5) is 4.79 Å². The van der Waals surface area contributed by atoms with Crippen molar-refractivity contribution in [1.82, 2.24) is 4.90 Å². The first-order valence-electron chi connectivity index (χ1n) is 7.76. The van der Waals surface area contributed by atoms with Gasteiger partial charge in [-0.25, -0.2) is 14.5 Å². The van der Waals surface area contributed by atoms with Gasteiger partial charge in [0.2, 0.25) is 0 Å². The highest BCUT2D eigenvalue weighted by molar-refractivity contribution is 6.59. The van der Waals surface area contributed by atoms with Crippen molar-refractivity contribution in [1.29, 1.82) is 0 Å². The minimum absolute atomic E-state index is 0.171. The standard InChI is InChI=1S/C15H27NO5Si/c1-6-19-14(18)16(11-20-13(17)12(2)3)15(22(4)5)9-7-8-10-21-15/h22H,2,6-11H2,1,3-5H3. The van der Waals surface area contributed by atoms with Gasteiger partial charge in [0, 0.05) is 12.2 Å². The molecule has 1 unspecified atom stereocenters. The Kier molecular flexibility index (Phi) is 7.08. The molecule has 1 fully saturated rings. The van der Waals surface area contributed by atoms with E-state index >= 15 is 0 Å². The molecule has 0 saturated carbocycles. The molecule has 126 valence electrons. The molecule has 0 spiro atoms. The third-order valence-electron chi connectivity index (χ3n) is 3.80. The molecule has 1 rings (SSSR count). The molecule has 22 heavy (non-hydrogen) atoms. The lowest BCUT2D eigenvalue weighted by atomic mass is 10.1. The lowest BCUT2D eigenvalue weighted by Crippen LogP contribution is -2.63. The average Bonchev–Trinajstić information content (AvgIpc) is 2.48. The summed E-state index contributed by atoms with van der Waals surface area (Å²) in [5.41, 5.74) is 0.296. The molecule has 1 amide bonds. The van der Waals surface area contributed by atoms with Crippen LogP contribution in [0.3, 0.4) is 0 Å². The van der Waals surface area contributed by atoms with E-state index in [0.717, 1.165) is 19.3 Å². The predicted molar refractivity (Wildman–Crippen MR) is 86.0 cm³/mol. The van der Waals surface area contributed by atoms with Crippen molar-refractivity contribution in [3.05, 3.63) is 12.2 Å². The van der Waals surface area contributed by atoms with Gasteiger partial charge >= 0.3 is 12.1 Å². The molecule has 6 nitrogen and oxygen atoms in total. The van der Waals surface area contributed by atoms with Gasteiger partial charge in [0.05, 0.1) is 15.4 Å². The van der Waals surface area contributed by atoms with Crippen LogP contribution in [-0.2, 0) is 19.0 Å². The fraction of sp³-hybridized carbons (Fsp3) is 0.733. The molecule has 1 saturated heterocycles. The summed E-state index contributed by atoms with van der Waals surface area (Å²) in [5.74, 6) is -0.523. The highest BCUT2D eigenvalue weighted by Crippen LogP contribution is 2.32. The second-order valence-electron chi connectivity index (χ2n) is 5.77. The van der Waals surface area contributed by atoms with E-state index in [1.54, 1.807) is 13.8 Å². The normalized spacial score (nSPS) is 21.3. The first-order chi connectivity index (χ1) is 10.3. The third-order valence-corrected chi connectivity index (χ3v) is 6.37. The van der Waals surface area contributed by atoms with Gasteiger partial charge in [0.1, 0.15) is 5.35 Å². The SMILES string of the molecule is C=C(C)C(=O)OCN(C(=O)OCC)C1([SiH](C)C)CCCCO1. The van der Waals surface area contributed by atoms with E-state index in [9.17, 15) is 9.59 Å². The van der Waals surface area contributed by atoms with E-state index in [-0.39, 0.29) is 13.3 Å². The Hall–Kier alpha value is -1.34. The first kappa shape index (κ1) is 18.7. The highest BCUT2D eigenvalue weighted by atomic mass is 28.3. The van der Waals surface area contributed by atoms with Crippen LogP contribution in [0.25, 0.3) is 0 Å². The summed E-state index contributed by atoms with van der Waals surface area (Å²) in [5, 5.41) is -0.667. The summed E-state index contributed by atoms with van der Waals surface area (Å²) in [6.45, 7) is 11.8. The van der Waals surface area contributed by atoms with Crippen LogP contribution in [0, 0.1) is 0 Å². The molecule has 1 aliphatic rings. The Balaban J connectivity index is 2.98. The Morgan fingerprint density at radius 1 is 1.32 bits per heavy atom. The first-order valence-corrected chi connectivity index (χ1v) is 10.6. The molecule has 0 N–H and O–H groups in total. The molecule has 1 heterocycles. The quantitative estimate of drug-likeness (QED) is 0.324. The molecule has 0 radical (unpaired) electrons. The molecule has 1 atom stereocenters. The number of esters is 1. The minimum atomic E-state index is -1.43. The Bertz CT molecular complexity index is 418. The molecule has 0 aromatic rings. The van der Waals surface area contributed by atoms with Crippen LogP contribution in [0.15, 0.2) is 12.2 Å². The number of rotatable bonds is 6. The van der Waals surface area contributed by atoms with Gasteiger partial charge in [-0.15, -0.1) is 0 Å². The van der Waals surface area contributed by atoms with Gasteiger partial charge in [-0.05, 0) is 33.1 Å². The Morgan fingerprint density at radius 3 is 2.45 bits per heavy atom. The zero-order valence-corrected chi connectivity index (χ0v) is 15.2. The summed E-state index contributed by atoms with van der Waals surface area (Å²) in [6.07, 6.45) is 2.21. The number of ether oxygens (including phenoxy) is 3. The maximum absolute atomic E-state index is 12.4. The van der Waals surface area contributed by atoms with Gasteiger partial charge in [-0.1, -0.05) is 19.7 Å². The number of amides is 1. The van der Waals surface area contributed by atoms with Crippen molar-refractivity contribution in [3.8, 4) is 0 Å². The van der Waals surface area contributed by atoms with Gasteiger partial charge in [0.25, 0.3) is 0 Å². The summed E-state index contributed by atoms with van der Waals surface area (Å²) in [6, 6.07) is 0. The predicted octanol–water partition coefficient (Wildman–Crippen LogP) is 2.44. The third kappa shape index (κ3) is 4.33. The molecule has 0 aliphatic carbocycles. The van der Waals surface area contributed by atoms with E-state index in [0.29, 0.717) is 12.2 Å². The van der Waals surface area contributed by atoms with E-state index in [2.05, 4.69) is 19.7 Å². The van der Waals surface area contributed by atoms with E-state index in [1.807, 2.05) is 0 Å². The van der Waals surface area contributed by atoms with Gasteiger partial charge in [-0.2, -0.15) is 0 Å². The summed E-state index contributed by atoms with van der Waals surface area (Å²) >= 11 is 0. The molecule has 0 aromatic heterocycles. The van der Waals surface area contributed by atoms with Crippen LogP contribution in [0.5, 0.6) is 0 Å². The van der Waals surface area contributed by atoms with E-state index in [1.165, 1.54) is 4.90 Å². The van der Waals surface area contributed by atoms with Crippen LogP contribution in [0.1, 0.15) is 33.1 Å². The van der Waals surface area contributed by atoms with Crippen LogP contribution in [0.2, 0.25) is 13.1 Å². The molecular formula is C15H27NO5Si. The maximum atomic E-state index is 12.4. The van der Waals surface area contributed by atoms with Crippen molar-refractivity contribution in [2.75, 3.05) is 19.9 Å². The molecule has 7 heteroatoms. The summed E-state index contributed by atoms with van der Waals surface area (Å²) < 4.78 is 16.4. The average molecular weight is 329 g/mol. The number of hydrogen-bond acceptors (Lipinski definition) is 5. The van der Waals surface area contributed by atoms with Crippen molar-refractivity contribution >= 4 is 20.9 Å². The molecule has 0 aromatic carbocycles. The zero-order valence-electron chi connectivity index (χ0n) is 14.0. The van der Waals surface area contributed by atoms with Crippen molar-refractivity contribution in [2.45, 2.75) is 51.6 Å². The van der Waals surface area contributed by atoms with Crippen LogP contribution < -0.4 is 0 Å². The second-order valence-corrected chi connectivity index (χ2v) is 8.98. The van der Waals surface area contributed by atoms with Crippen molar-refractivity contribution in [2.24, 2.45) is 0 Å². The van der Waals surface area contributed by atoms with Crippen LogP contribution >= 0.6 is 0 Å². The largest absolute Gasteiger partial charge is 0.450 e. The summed E-state index contributed by atoms with van der Waals surface area (Å²) in [7, 11) is -1.43. The van der Waals surface area contributed by atoms with Crippen molar-refractivity contribution in [3.63, 3.8) is 0 Å². The maximum Gasteiger partial charge on any atom is 0.414 e. The zero-order chi connectivity index (χ0) is 16.8. The monoisotopic (exact) mass is 329 g/mol. The van der Waals surface area contributed by atoms with Gasteiger partial charge in [-0.3, -0.25) is 0 Å². The number of nitrogens with zero attached hydrogens (tertiary/aromatic N) is 1. The molecule has 0 bridgehead atoms.